The molecule has 1 aromatic heterocycles. The second-order valence-electron chi connectivity index (χ2n) is 4.03. The highest BCUT2D eigenvalue weighted by molar-refractivity contribution is 9.10. The first-order chi connectivity index (χ1) is 9.61. The summed E-state index contributed by atoms with van der Waals surface area (Å²) in [6.07, 6.45) is 3.24. The second-order valence-corrected chi connectivity index (χ2v) is 5.32. The van der Waals surface area contributed by atoms with Crippen LogP contribution in [0.2, 0.25) is 5.02 Å². The lowest BCUT2D eigenvalue weighted by molar-refractivity contribution is 0.102. The summed E-state index contributed by atoms with van der Waals surface area (Å²) in [7, 11) is 0. The van der Waals surface area contributed by atoms with Crippen LogP contribution in [0.1, 0.15) is 17.3 Å². The summed E-state index contributed by atoms with van der Waals surface area (Å²) in [5.74, 6) is -0.227. The molecular weight excluding hydrogens is 342 g/mol. The third-order valence-corrected chi connectivity index (χ3v) is 3.48. The minimum atomic E-state index is -0.227. The Morgan fingerprint density at radius 1 is 1.35 bits per heavy atom. The smallest absolute Gasteiger partial charge is 0.257 e. The molecule has 1 amide bonds. The van der Waals surface area contributed by atoms with Crippen molar-refractivity contribution in [3.8, 4) is 0 Å². The van der Waals surface area contributed by atoms with Crippen molar-refractivity contribution in [2.24, 2.45) is 0 Å². The van der Waals surface area contributed by atoms with Crippen molar-refractivity contribution < 1.29 is 4.79 Å². The molecule has 0 aliphatic heterocycles. The topological polar surface area (TPSA) is 54.0 Å². The van der Waals surface area contributed by atoms with E-state index in [0.29, 0.717) is 16.3 Å². The molecule has 0 bridgehead atoms. The van der Waals surface area contributed by atoms with Gasteiger partial charge < -0.3 is 10.6 Å². The fraction of sp³-hybridized carbons (Fsp3) is 0.143. The van der Waals surface area contributed by atoms with Crippen molar-refractivity contribution in [2.75, 3.05) is 17.2 Å². The predicted molar refractivity (Wildman–Crippen MR) is 85.5 cm³/mol. The van der Waals surface area contributed by atoms with Crippen LogP contribution >= 0.6 is 27.5 Å². The SMILES string of the molecule is CCNc1ccc(Cl)cc1C(=O)Nc1ccncc1Br. The van der Waals surface area contributed by atoms with E-state index in [4.69, 9.17) is 11.6 Å². The third kappa shape index (κ3) is 3.49. The zero-order valence-electron chi connectivity index (χ0n) is 10.8. The minimum absolute atomic E-state index is 0.227. The van der Waals surface area contributed by atoms with Gasteiger partial charge in [-0.3, -0.25) is 9.78 Å². The van der Waals surface area contributed by atoms with E-state index in [-0.39, 0.29) is 5.91 Å². The fourth-order valence-corrected chi connectivity index (χ4v) is 2.24. The summed E-state index contributed by atoms with van der Waals surface area (Å²) in [5.41, 5.74) is 1.91. The Bertz CT molecular complexity index is 634. The molecule has 0 spiro atoms. The summed E-state index contributed by atoms with van der Waals surface area (Å²) in [6.45, 7) is 2.69. The lowest BCUT2D eigenvalue weighted by Crippen LogP contribution is -2.15. The van der Waals surface area contributed by atoms with Crippen LogP contribution in [-0.2, 0) is 0 Å². The summed E-state index contributed by atoms with van der Waals surface area (Å²) in [6, 6.07) is 6.91. The number of amides is 1. The molecule has 0 aliphatic carbocycles. The van der Waals surface area contributed by atoms with Crippen molar-refractivity contribution >= 4 is 44.8 Å². The number of anilines is 2. The number of aromatic nitrogens is 1. The maximum absolute atomic E-state index is 12.4. The quantitative estimate of drug-likeness (QED) is 0.866. The molecule has 20 heavy (non-hydrogen) atoms. The molecule has 0 saturated carbocycles. The number of halogens is 2. The van der Waals surface area contributed by atoms with Crippen molar-refractivity contribution in [3.05, 3.63) is 51.7 Å². The maximum atomic E-state index is 12.4. The highest BCUT2D eigenvalue weighted by Gasteiger charge is 2.13. The monoisotopic (exact) mass is 353 g/mol. The van der Waals surface area contributed by atoms with Crippen LogP contribution in [0.15, 0.2) is 41.1 Å². The van der Waals surface area contributed by atoms with E-state index in [9.17, 15) is 4.79 Å². The average Bonchev–Trinajstić information content (AvgIpc) is 2.43. The molecule has 6 heteroatoms. The Morgan fingerprint density at radius 2 is 2.15 bits per heavy atom. The molecule has 0 unspecified atom stereocenters. The standard InChI is InChI=1S/C14H13BrClN3O/c1-2-18-12-4-3-9(16)7-10(12)14(20)19-13-5-6-17-8-11(13)15/h3-8,18H,2H2,1H3,(H,17,19,20). The number of rotatable bonds is 4. The largest absolute Gasteiger partial charge is 0.385 e. The van der Waals surface area contributed by atoms with E-state index in [1.807, 2.05) is 6.92 Å². The number of benzene rings is 1. The summed E-state index contributed by atoms with van der Waals surface area (Å²) in [4.78, 5) is 16.3. The van der Waals surface area contributed by atoms with Crippen molar-refractivity contribution in [3.63, 3.8) is 0 Å². The third-order valence-electron chi connectivity index (χ3n) is 2.61. The van der Waals surface area contributed by atoms with Crippen LogP contribution in [0, 0.1) is 0 Å². The van der Waals surface area contributed by atoms with E-state index >= 15 is 0 Å². The molecule has 2 aromatic rings. The van der Waals surface area contributed by atoms with Gasteiger partial charge in [-0.25, -0.2) is 0 Å². The van der Waals surface area contributed by atoms with Gasteiger partial charge in [0.05, 0.1) is 15.7 Å². The zero-order valence-corrected chi connectivity index (χ0v) is 13.1. The number of carbonyl (C=O) groups excluding carboxylic acids is 1. The van der Waals surface area contributed by atoms with Gasteiger partial charge in [0.15, 0.2) is 0 Å². The fourth-order valence-electron chi connectivity index (χ4n) is 1.72. The highest BCUT2D eigenvalue weighted by atomic mass is 79.9. The molecule has 104 valence electrons. The Balaban J connectivity index is 2.29. The molecule has 0 fully saturated rings. The van der Waals surface area contributed by atoms with Crippen LogP contribution in [0.5, 0.6) is 0 Å². The zero-order chi connectivity index (χ0) is 14.5. The Kier molecular flexibility index (Phi) is 4.98. The summed E-state index contributed by atoms with van der Waals surface area (Å²) < 4.78 is 0.723. The van der Waals surface area contributed by atoms with Crippen LogP contribution in [0.25, 0.3) is 0 Å². The number of hydrogen-bond acceptors (Lipinski definition) is 3. The maximum Gasteiger partial charge on any atom is 0.257 e. The van der Waals surface area contributed by atoms with Crippen LogP contribution in [0.4, 0.5) is 11.4 Å². The van der Waals surface area contributed by atoms with Crippen molar-refractivity contribution in [1.29, 1.82) is 0 Å². The second kappa shape index (κ2) is 6.72. The van der Waals surface area contributed by atoms with E-state index in [1.165, 1.54) is 0 Å². The lowest BCUT2D eigenvalue weighted by atomic mass is 10.1. The van der Waals surface area contributed by atoms with Gasteiger partial charge >= 0.3 is 0 Å². The van der Waals surface area contributed by atoms with Gasteiger partial charge in [-0.15, -0.1) is 0 Å². The molecular formula is C14H13BrClN3O. The highest BCUT2D eigenvalue weighted by Crippen LogP contribution is 2.24. The minimum Gasteiger partial charge on any atom is -0.385 e. The van der Waals surface area contributed by atoms with E-state index in [0.717, 1.165) is 16.7 Å². The molecule has 1 heterocycles. The molecule has 2 rings (SSSR count). The number of hydrogen-bond donors (Lipinski definition) is 2. The Labute approximate surface area is 130 Å². The van der Waals surface area contributed by atoms with Gasteiger partial charge in [0.25, 0.3) is 5.91 Å². The first-order valence-corrected chi connectivity index (χ1v) is 7.23. The molecule has 0 saturated heterocycles. The van der Waals surface area contributed by atoms with E-state index in [1.54, 1.807) is 36.7 Å². The Morgan fingerprint density at radius 3 is 2.85 bits per heavy atom. The van der Waals surface area contributed by atoms with E-state index in [2.05, 4.69) is 31.5 Å². The first-order valence-electron chi connectivity index (χ1n) is 6.06. The number of carbonyl (C=O) groups is 1. The normalized spacial score (nSPS) is 10.2. The molecule has 4 nitrogen and oxygen atoms in total. The van der Waals surface area contributed by atoms with Gasteiger partial charge in [0.2, 0.25) is 0 Å². The molecule has 2 N–H and O–H groups in total. The first kappa shape index (κ1) is 14.8. The average molecular weight is 355 g/mol. The summed E-state index contributed by atoms with van der Waals surface area (Å²) in [5, 5.41) is 6.49. The van der Waals surface area contributed by atoms with E-state index < -0.39 is 0 Å². The van der Waals surface area contributed by atoms with Gasteiger partial charge in [0, 0.05) is 29.6 Å². The van der Waals surface area contributed by atoms with Crippen LogP contribution in [0.3, 0.4) is 0 Å². The number of pyridine rings is 1. The molecule has 0 atom stereocenters. The van der Waals surface area contributed by atoms with Crippen LogP contribution < -0.4 is 10.6 Å². The number of nitrogens with zero attached hydrogens (tertiary/aromatic N) is 1. The van der Waals surface area contributed by atoms with Crippen molar-refractivity contribution in [1.82, 2.24) is 4.98 Å². The predicted octanol–water partition coefficient (Wildman–Crippen LogP) is 4.18. The van der Waals surface area contributed by atoms with Gasteiger partial charge in [0.1, 0.15) is 0 Å². The van der Waals surface area contributed by atoms with Crippen LogP contribution in [-0.4, -0.2) is 17.4 Å². The van der Waals surface area contributed by atoms with Gasteiger partial charge in [-0.05, 0) is 47.1 Å². The van der Waals surface area contributed by atoms with Gasteiger partial charge in [-0.1, -0.05) is 11.6 Å². The van der Waals surface area contributed by atoms with Crippen molar-refractivity contribution in [2.45, 2.75) is 6.92 Å². The van der Waals surface area contributed by atoms with Gasteiger partial charge in [-0.2, -0.15) is 0 Å². The summed E-state index contributed by atoms with van der Waals surface area (Å²) >= 11 is 9.31. The number of nitrogens with one attached hydrogen (secondary N) is 2. The molecule has 0 radical (unpaired) electrons. The Hall–Kier alpha value is -1.59. The molecule has 1 aromatic carbocycles. The lowest BCUT2D eigenvalue weighted by Gasteiger charge is -2.12. The molecule has 0 aliphatic rings.